The lowest BCUT2D eigenvalue weighted by Gasteiger charge is -2.62. The van der Waals surface area contributed by atoms with Crippen molar-refractivity contribution in [2.75, 3.05) is 0 Å². The molecule has 1 aliphatic heterocycles. The fourth-order valence-electron chi connectivity index (χ4n) is 5.91. The maximum absolute atomic E-state index is 6.59. The van der Waals surface area contributed by atoms with E-state index in [1.165, 1.54) is 25.7 Å². The van der Waals surface area contributed by atoms with E-state index < -0.39 is 0 Å². The molecular weight excluding hydrogens is 256 g/mol. The third-order valence-corrected chi connectivity index (χ3v) is 7.01. The van der Waals surface area contributed by atoms with Gasteiger partial charge in [-0.15, -0.1) is 6.58 Å². The Morgan fingerprint density at radius 3 is 2.48 bits per heavy atom. The van der Waals surface area contributed by atoms with Crippen LogP contribution in [0.3, 0.4) is 0 Å². The minimum atomic E-state index is -0.164. The zero-order chi connectivity index (χ0) is 15.5. The Bertz CT molecular complexity index is 476. The second kappa shape index (κ2) is 4.47. The lowest BCUT2D eigenvalue weighted by Crippen LogP contribution is -2.60. The molecule has 0 unspecified atom stereocenters. The molecular formula is C20H32O. The maximum Gasteiger partial charge on any atom is 0.0879 e. The van der Waals surface area contributed by atoms with Crippen molar-refractivity contribution in [3.63, 3.8) is 0 Å². The van der Waals surface area contributed by atoms with Crippen LogP contribution >= 0.6 is 0 Å². The Morgan fingerprint density at radius 2 is 1.81 bits per heavy atom. The molecule has 0 aromatic heterocycles. The van der Waals surface area contributed by atoms with Crippen LogP contribution in [-0.2, 0) is 4.74 Å². The fraction of sp³-hybridized carbons (Fsp3) is 0.800. The van der Waals surface area contributed by atoms with E-state index in [0.717, 1.165) is 6.42 Å². The highest BCUT2D eigenvalue weighted by molar-refractivity contribution is 5.23. The summed E-state index contributed by atoms with van der Waals surface area (Å²) in [6, 6.07) is 0. The van der Waals surface area contributed by atoms with E-state index in [2.05, 4.69) is 53.3 Å². The van der Waals surface area contributed by atoms with Gasteiger partial charge >= 0.3 is 0 Å². The Hall–Kier alpha value is -0.560. The first-order valence-electron chi connectivity index (χ1n) is 8.68. The molecule has 3 aliphatic rings. The molecule has 2 aliphatic carbocycles. The Balaban J connectivity index is 2.02. The van der Waals surface area contributed by atoms with E-state index in [4.69, 9.17) is 4.74 Å². The summed E-state index contributed by atoms with van der Waals surface area (Å²) in [6.45, 7) is 15.9. The predicted molar refractivity (Wildman–Crippen MR) is 89.2 cm³/mol. The smallest absolute Gasteiger partial charge is 0.0879 e. The molecule has 3 rings (SSSR count). The highest BCUT2D eigenvalue weighted by Gasteiger charge is 2.59. The molecule has 5 atom stereocenters. The van der Waals surface area contributed by atoms with Crippen molar-refractivity contribution < 1.29 is 4.74 Å². The Morgan fingerprint density at radius 1 is 1.10 bits per heavy atom. The molecule has 0 aromatic carbocycles. The lowest BCUT2D eigenvalue weighted by atomic mass is 9.46. The van der Waals surface area contributed by atoms with Gasteiger partial charge < -0.3 is 4.74 Å². The topological polar surface area (TPSA) is 9.23 Å². The van der Waals surface area contributed by atoms with Gasteiger partial charge in [-0.05, 0) is 62.2 Å². The normalized spacial score (nSPS) is 51.9. The van der Waals surface area contributed by atoms with E-state index in [1.54, 1.807) is 0 Å². The zero-order valence-electron chi connectivity index (χ0n) is 14.5. The van der Waals surface area contributed by atoms with Crippen molar-refractivity contribution in [2.45, 2.75) is 77.9 Å². The molecule has 1 saturated heterocycles. The monoisotopic (exact) mass is 288 g/mol. The summed E-state index contributed by atoms with van der Waals surface area (Å²) >= 11 is 0. The van der Waals surface area contributed by atoms with Gasteiger partial charge in [0.15, 0.2) is 0 Å². The number of fused-ring (bicyclic) bond motifs is 3. The van der Waals surface area contributed by atoms with Crippen molar-refractivity contribution in [2.24, 2.45) is 22.7 Å². The molecule has 1 heteroatoms. The summed E-state index contributed by atoms with van der Waals surface area (Å²) in [7, 11) is 0. The van der Waals surface area contributed by atoms with Gasteiger partial charge in [0.2, 0.25) is 0 Å². The van der Waals surface area contributed by atoms with Crippen LogP contribution < -0.4 is 0 Å². The summed E-state index contributed by atoms with van der Waals surface area (Å²) in [5.74, 6) is 1.32. The maximum atomic E-state index is 6.59. The molecule has 1 nitrogen and oxygen atoms in total. The zero-order valence-corrected chi connectivity index (χ0v) is 14.5. The molecule has 0 bridgehead atoms. The van der Waals surface area contributed by atoms with Crippen LogP contribution in [0.25, 0.3) is 0 Å². The van der Waals surface area contributed by atoms with Gasteiger partial charge in [0.25, 0.3) is 0 Å². The SMILES string of the molecule is C=C[C@]1(C)CC[C@@H]2[C@@]3(C)CCCC(C)(C)[C@@H]3C=C[C@]2(C)O1. The summed E-state index contributed by atoms with van der Waals surface area (Å²) in [5, 5.41) is 0. The van der Waals surface area contributed by atoms with E-state index in [-0.39, 0.29) is 11.2 Å². The molecule has 118 valence electrons. The first-order chi connectivity index (χ1) is 9.65. The molecule has 1 heterocycles. The molecule has 2 fully saturated rings. The third-order valence-electron chi connectivity index (χ3n) is 7.01. The third kappa shape index (κ3) is 2.15. The van der Waals surface area contributed by atoms with E-state index in [9.17, 15) is 0 Å². The summed E-state index contributed by atoms with van der Waals surface area (Å²) < 4.78 is 6.59. The Kier molecular flexibility index (Phi) is 3.27. The fourth-order valence-corrected chi connectivity index (χ4v) is 5.91. The molecule has 0 spiro atoms. The van der Waals surface area contributed by atoms with Crippen molar-refractivity contribution in [1.29, 1.82) is 0 Å². The number of hydrogen-bond donors (Lipinski definition) is 0. The first kappa shape index (κ1) is 15.3. The summed E-state index contributed by atoms with van der Waals surface area (Å²) in [6.07, 6.45) is 13.3. The van der Waals surface area contributed by atoms with Crippen LogP contribution in [0.2, 0.25) is 0 Å². The van der Waals surface area contributed by atoms with Crippen LogP contribution in [-0.4, -0.2) is 11.2 Å². The Labute approximate surface area is 130 Å². The highest BCUT2D eigenvalue weighted by Crippen LogP contribution is 2.63. The van der Waals surface area contributed by atoms with Crippen molar-refractivity contribution in [1.82, 2.24) is 0 Å². The average molecular weight is 288 g/mol. The summed E-state index contributed by atoms with van der Waals surface area (Å²) in [5.41, 5.74) is 0.514. The van der Waals surface area contributed by atoms with Gasteiger partial charge in [0.1, 0.15) is 0 Å². The first-order valence-corrected chi connectivity index (χ1v) is 8.68. The largest absolute Gasteiger partial charge is 0.361 e. The van der Waals surface area contributed by atoms with Crippen LogP contribution in [0.4, 0.5) is 0 Å². The van der Waals surface area contributed by atoms with Crippen LogP contribution in [0, 0.1) is 22.7 Å². The minimum Gasteiger partial charge on any atom is -0.361 e. The lowest BCUT2D eigenvalue weighted by molar-refractivity contribution is -0.206. The number of ether oxygens (including phenoxy) is 1. The predicted octanol–water partition coefficient (Wildman–Crippen LogP) is 5.52. The van der Waals surface area contributed by atoms with Crippen molar-refractivity contribution in [3.8, 4) is 0 Å². The second-order valence-corrected chi connectivity index (χ2v) is 9.08. The second-order valence-electron chi connectivity index (χ2n) is 9.08. The molecule has 0 amide bonds. The van der Waals surface area contributed by atoms with Crippen LogP contribution in [0.1, 0.15) is 66.7 Å². The molecule has 21 heavy (non-hydrogen) atoms. The molecule has 1 saturated carbocycles. The standard InChI is InChI=1S/C20H32O/c1-7-18(4)13-9-16-19(5)12-8-11-17(2,3)15(19)10-14-20(16,6)21-18/h7,10,14-16H,1,8-9,11-13H2,2-6H3/t15-,16+,18+,19-,20-/m0/s1. The van der Waals surface area contributed by atoms with Gasteiger partial charge in [-0.1, -0.05) is 45.4 Å². The average Bonchev–Trinajstić information content (AvgIpc) is 2.36. The van der Waals surface area contributed by atoms with E-state index >= 15 is 0 Å². The van der Waals surface area contributed by atoms with Crippen LogP contribution in [0.5, 0.6) is 0 Å². The molecule has 0 radical (unpaired) electrons. The van der Waals surface area contributed by atoms with E-state index in [1.807, 2.05) is 6.08 Å². The molecule has 0 N–H and O–H groups in total. The number of allylic oxidation sites excluding steroid dienone is 1. The quantitative estimate of drug-likeness (QED) is 0.577. The van der Waals surface area contributed by atoms with Gasteiger partial charge in [0, 0.05) is 0 Å². The van der Waals surface area contributed by atoms with Gasteiger partial charge in [-0.2, -0.15) is 0 Å². The van der Waals surface area contributed by atoms with Gasteiger partial charge in [-0.25, -0.2) is 0 Å². The van der Waals surface area contributed by atoms with Gasteiger partial charge in [0.05, 0.1) is 11.2 Å². The highest BCUT2D eigenvalue weighted by atomic mass is 16.5. The van der Waals surface area contributed by atoms with Gasteiger partial charge in [-0.3, -0.25) is 0 Å². The van der Waals surface area contributed by atoms with Crippen LogP contribution in [0.15, 0.2) is 24.8 Å². The van der Waals surface area contributed by atoms with E-state index in [0.29, 0.717) is 22.7 Å². The number of rotatable bonds is 1. The summed E-state index contributed by atoms with van der Waals surface area (Å²) in [4.78, 5) is 0. The minimum absolute atomic E-state index is 0.125. The van der Waals surface area contributed by atoms with Crippen molar-refractivity contribution >= 4 is 0 Å². The number of hydrogen-bond acceptors (Lipinski definition) is 1. The van der Waals surface area contributed by atoms with Crippen molar-refractivity contribution in [3.05, 3.63) is 24.8 Å². The molecule has 0 aromatic rings.